The van der Waals surface area contributed by atoms with Crippen LogP contribution >= 0.6 is 0 Å². The van der Waals surface area contributed by atoms with Gasteiger partial charge in [-0.05, 0) is 67.3 Å². The Kier molecular flexibility index (Phi) is 3.62. The molecule has 0 bridgehead atoms. The highest BCUT2D eigenvalue weighted by Gasteiger charge is 2.35. The maximum atomic E-state index is 12.3. The van der Waals surface area contributed by atoms with Crippen LogP contribution in [0.3, 0.4) is 0 Å². The van der Waals surface area contributed by atoms with Crippen LogP contribution < -0.4 is 5.32 Å². The van der Waals surface area contributed by atoms with Gasteiger partial charge in [0.05, 0.1) is 11.1 Å². The Bertz CT molecular complexity index is 1030. The van der Waals surface area contributed by atoms with E-state index in [1.54, 1.807) is 0 Å². The summed E-state index contributed by atoms with van der Waals surface area (Å²) in [5.74, 6) is -0.693. The lowest BCUT2D eigenvalue weighted by molar-refractivity contribution is 0.0695. The Morgan fingerprint density at radius 3 is 2.73 bits per heavy atom. The second-order valence-electron chi connectivity index (χ2n) is 8.07. The second kappa shape index (κ2) is 5.63. The summed E-state index contributed by atoms with van der Waals surface area (Å²) in [5.41, 5.74) is 6.07. The maximum absolute atomic E-state index is 12.3. The van der Waals surface area contributed by atoms with E-state index in [4.69, 9.17) is 0 Å². The zero-order valence-electron chi connectivity index (χ0n) is 15.6. The van der Waals surface area contributed by atoms with Gasteiger partial charge >= 0.3 is 5.97 Å². The van der Waals surface area contributed by atoms with Crippen LogP contribution in [0.15, 0.2) is 36.5 Å². The lowest BCUT2D eigenvalue weighted by atomic mass is 9.77. The number of rotatable bonds is 2. The zero-order valence-corrected chi connectivity index (χ0v) is 15.6. The standard InChI is InChI=1S/C22H24N2O2/c1-12-10-16(15-7-5-6-14-8-9-23-20(14)15)18(21(25)26)17-13(2)11-22(3,4)24-19(12)17/h5-10,13,23-24H,11H2,1-4H3,(H,25,26). The first-order valence-corrected chi connectivity index (χ1v) is 9.04. The number of aryl methyl sites for hydroxylation is 1. The van der Waals surface area contributed by atoms with E-state index in [9.17, 15) is 9.90 Å². The molecule has 134 valence electrons. The predicted molar refractivity (Wildman–Crippen MR) is 106 cm³/mol. The molecule has 2 heterocycles. The average molecular weight is 348 g/mol. The first-order valence-electron chi connectivity index (χ1n) is 9.04. The maximum Gasteiger partial charge on any atom is 0.336 e. The molecule has 0 fully saturated rings. The summed E-state index contributed by atoms with van der Waals surface area (Å²) in [6.45, 7) is 8.52. The molecular formula is C22H24N2O2. The van der Waals surface area contributed by atoms with Gasteiger partial charge in [-0.25, -0.2) is 4.79 Å². The number of aromatic amines is 1. The monoisotopic (exact) mass is 348 g/mol. The Labute approximate surface area is 153 Å². The lowest BCUT2D eigenvalue weighted by Crippen LogP contribution is -2.38. The van der Waals surface area contributed by atoms with Gasteiger partial charge in [-0.1, -0.05) is 25.1 Å². The summed E-state index contributed by atoms with van der Waals surface area (Å²) in [5, 5.41) is 14.8. The first kappa shape index (κ1) is 16.7. The molecule has 1 atom stereocenters. The van der Waals surface area contributed by atoms with Crippen molar-refractivity contribution >= 4 is 22.6 Å². The lowest BCUT2D eigenvalue weighted by Gasteiger charge is -2.39. The number of aromatic carboxylic acids is 1. The number of carboxylic acids is 1. The number of aromatic nitrogens is 1. The van der Waals surface area contributed by atoms with E-state index in [-0.39, 0.29) is 11.5 Å². The normalized spacial score (nSPS) is 18.4. The van der Waals surface area contributed by atoms with Crippen molar-refractivity contribution in [3.05, 3.63) is 53.2 Å². The molecule has 0 radical (unpaired) electrons. The zero-order chi connectivity index (χ0) is 18.6. The SMILES string of the molecule is Cc1cc(-c2cccc3cc[nH]c23)c(C(=O)O)c2c1NC(C)(C)CC2C. The van der Waals surface area contributed by atoms with E-state index < -0.39 is 5.97 Å². The molecule has 1 unspecified atom stereocenters. The van der Waals surface area contributed by atoms with Gasteiger partial charge in [0.2, 0.25) is 0 Å². The molecule has 1 aliphatic heterocycles. The van der Waals surface area contributed by atoms with Crippen molar-refractivity contribution in [2.24, 2.45) is 0 Å². The third-order valence-corrected chi connectivity index (χ3v) is 5.43. The number of fused-ring (bicyclic) bond motifs is 2. The van der Waals surface area contributed by atoms with Crippen LogP contribution in [-0.2, 0) is 0 Å². The number of benzene rings is 2. The molecule has 0 aliphatic carbocycles. The first-order chi connectivity index (χ1) is 12.3. The Morgan fingerprint density at radius 2 is 2.00 bits per heavy atom. The molecule has 0 saturated heterocycles. The molecule has 2 aromatic carbocycles. The molecule has 3 aromatic rings. The van der Waals surface area contributed by atoms with Crippen molar-refractivity contribution < 1.29 is 9.90 Å². The van der Waals surface area contributed by atoms with Crippen LogP contribution in [0, 0.1) is 6.92 Å². The van der Waals surface area contributed by atoms with Crippen LogP contribution in [0.25, 0.3) is 22.0 Å². The number of H-pyrrole nitrogens is 1. The fourth-order valence-corrected chi connectivity index (χ4v) is 4.51. The molecule has 1 aromatic heterocycles. The molecule has 4 nitrogen and oxygen atoms in total. The quantitative estimate of drug-likeness (QED) is 0.570. The summed E-state index contributed by atoms with van der Waals surface area (Å²) < 4.78 is 0. The van der Waals surface area contributed by atoms with Gasteiger partial charge in [-0.15, -0.1) is 0 Å². The third-order valence-electron chi connectivity index (χ3n) is 5.43. The summed E-state index contributed by atoms with van der Waals surface area (Å²) in [4.78, 5) is 15.6. The number of carboxylic acid groups (broad SMARTS) is 1. The number of nitrogens with one attached hydrogen (secondary N) is 2. The minimum atomic E-state index is -0.867. The summed E-state index contributed by atoms with van der Waals surface area (Å²) in [6.07, 6.45) is 2.79. The number of anilines is 1. The van der Waals surface area contributed by atoms with Gasteiger partial charge in [0.1, 0.15) is 0 Å². The van der Waals surface area contributed by atoms with E-state index in [1.807, 2.05) is 36.5 Å². The number of hydrogen-bond donors (Lipinski definition) is 3. The van der Waals surface area contributed by atoms with E-state index >= 15 is 0 Å². The van der Waals surface area contributed by atoms with Crippen molar-refractivity contribution in [2.45, 2.75) is 45.6 Å². The highest BCUT2D eigenvalue weighted by Crippen LogP contribution is 2.46. The van der Waals surface area contributed by atoms with Crippen molar-refractivity contribution in [3.63, 3.8) is 0 Å². The van der Waals surface area contributed by atoms with Crippen LogP contribution in [0.5, 0.6) is 0 Å². The van der Waals surface area contributed by atoms with Gasteiger partial charge in [0.25, 0.3) is 0 Å². The Balaban J connectivity index is 2.07. The van der Waals surface area contributed by atoms with Crippen molar-refractivity contribution in [1.82, 2.24) is 4.98 Å². The van der Waals surface area contributed by atoms with Crippen LogP contribution in [0.2, 0.25) is 0 Å². The van der Waals surface area contributed by atoms with Gasteiger partial charge in [0.15, 0.2) is 0 Å². The number of hydrogen-bond acceptors (Lipinski definition) is 2. The molecular weight excluding hydrogens is 324 g/mol. The van der Waals surface area contributed by atoms with E-state index in [0.29, 0.717) is 5.56 Å². The minimum absolute atomic E-state index is 0.0477. The third kappa shape index (κ3) is 2.48. The molecule has 3 N–H and O–H groups in total. The predicted octanol–water partition coefficient (Wildman–Crippen LogP) is 5.54. The van der Waals surface area contributed by atoms with Gasteiger partial charge in [-0.2, -0.15) is 0 Å². The van der Waals surface area contributed by atoms with Crippen molar-refractivity contribution in [2.75, 3.05) is 5.32 Å². The topological polar surface area (TPSA) is 65.1 Å². The molecule has 0 spiro atoms. The molecule has 4 rings (SSSR count). The van der Waals surface area contributed by atoms with Crippen LogP contribution in [-0.4, -0.2) is 21.6 Å². The summed E-state index contributed by atoms with van der Waals surface area (Å²) in [7, 11) is 0. The average Bonchev–Trinajstić information content (AvgIpc) is 3.02. The molecule has 1 aliphatic rings. The van der Waals surface area contributed by atoms with Crippen LogP contribution in [0.1, 0.15) is 54.6 Å². The molecule has 4 heteroatoms. The Hall–Kier alpha value is -2.75. The van der Waals surface area contributed by atoms with E-state index in [2.05, 4.69) is 38.0 Å². The molecule has 0 saturated carbocycles. The van der Waals surface area contributed by atoms with E-state index in [1.165, 1.54) is 0 Å². The highest BCUT2D eigenvalue weighted by atomic mass is 16.4. The van der Waals surface area contributed by atoms with Crippen LogP contribution in [0.4, 0.5) is 5.69 Å². The van der Waals surface area contributed by atoms with Gasteiger partial charge in [-0.3, -0.25) is 0 Å². The van der Waals surface area contributed by atoms with Crippen molar-refractivity contribution in [1.29, 1.82) is 0 Å². The molecule has 0 amide bonds. The fourth-order valence-electron chi connectivity index (χ4n) is 4.51. The van der Waals surface area contributed by atoms with Gasteiger partial charge < -0.3 is 15.4 Å². The largest absolute Gasteiger partial charge is 0.478 e. The molecule has 26 heavy (non-hydrogen) atoms. The smallest absolute Gasteiger partial charge is 0.336 e. The number of para-hydroxylation sites is 1. The Morgan fingerprint density at radius 1 is 1.23 bits per heavy atom. The van der Waals surface area contributed by atoms with Crippen molar-refractivity contribution in [3.8, 4) is 11.1 Å². The second-order valence-corrected chi connectivity index (χ2v) is 8.07. The summed E-state index contributed by atoms with van der Waals surface area (Å²) >= 11 is 0. The fraction of sp³-hybridized carbons (Fsp3) is 0.318. The number of carbonyl (C=O) groups is 1. The highest BCUT2D eigenvalue weighted by molar-refractivity contribution is 6.05. The van der Waals surface area contributed by atoms with Gasteiger partial charge in [0, 0.05) is 23.0 Å². The van der Waals surface area contributed by atoms with E-state index in [0.717, 1.165) is 45.3 Å². The summed E-state index contributed by atoms with van der Waals surface area (Å²) in [6, 6.07) is 10.0. The minimum Gasteiger partial charge on any atom is -0.478 e.